The van der Waals surface area contributed by atoms with E-state index in [9.17, 15) is 13.6 Å². The molecule has 2 aromatic carbocycles. The van der Waals surface area contributed by atoms with Gasteiger partial charge in [-0.3, -0.25) is 0 Å². The zero-order chi connectivity index (χ0) is 21.0. The fraction of sp³-hybridized carbons (Fsp3) is 0.381. The van der Waals surface area contributed by atoms with Crippen LogP contribution in [0, 0.1) is 11.6 Å². The van der Waals surface area contributed by atoms with Crippen LogP contribution in [0.15, 0.2) is 36.4 Å². The number of nitrogens with one attached hydrogen (secondary N) is 2. The van der Waals surface area contributed by atoms with Crippen molar-refractivity contribution in [1.29, 1.82) is 0 Å². The maximum Gasteiger partial charge on any atom is 0.319 e. The van der Waals surface area contributed by atoms with Crippen molar-refractivity contribution < 1.29 is 18.3 Å². The molecule has 0 aromatic heterocycles. The molecule has 0 spiro atoms. The second-order valence-corrected chi connectivity index (χ2v) is 7.44. The van der Waals surface area contributed by atoms with Crippen LogP contribution in [0.25, 0.3) is 0 Å². The van der Waals surface area contributed by atoms with E-state index < -0.39 is 29.6 Å². The third-order valence-corrected chi connectivity index (χ3v) is 5.47. The molecule has 1 unspecified atom stereocenters. The van der Waals surface area contributed by atoms with Crippen LogP contribution in [0.4, 0.5) is 19.3 Å². The van der Waals surface area contributed by atoms with Crippen LogP contribution in [0.2, 0.25) is 5.02 Å². The van der Waals surface area contributed by atoms with Gasteiger partial charge in [-0.05, 0) is 37.2 Å². The number of anilines is 1. The quantitative estimate of drug-likeness (QED) is 0.737. The number of benzene rings is 2. The maximum absolute atomic E-state index is 14.7. The number of carbonyl (C=O) groups excluding carboxylic acids is 1. The van der Waals surface area contributed by atoms with Crippen molar-refractivity contribution in [2.75, 3.05) is 32.1 Å². The van der Waals surface area contributed by atoms with Crippen molar-refractivity contribution in [3.8, 4) is 5.75 Å². The van der Waals surface area contributed by atoms with Gasteiger partial charge in [0, 0.05) is 53.5 Å². The first kappa shape index (κ1) is 21.3. The highest BCUT2D eigenvalue weighted by Crippen LogP contribution is 2.33. The molecule has 2 N–H and O–H groups in total. The van der Waals surface area contributed by atoms with Crippen molar-refractivity contribution in [2.24, 2.45) is 0 Å². The highest BCUT2D eigenvalue weighted by Gasteiger charge is 2.35. The molecule has 5 nitrogen and oxygen atoms in total. The van der Waals surface area contributed by atoms with Gasteiger partial charge in [0.05, 0.1) is 7.11 Å². The predicted octanol–water partition coefficient (Wildman–Crippen LogP) is 4.63. The minimum absolute atomic E-state index is 0.0271. The van der Waals surface area contributed by atoms with Crippen LogP contribution in [0.3, 0.4) is 0 Å². The topological polar surface area (TPSA) is 53.6 Å². The second-order valence-electron chi connectivity index (χ2n) is 7.00. The largest absolute Gasteiger partial charge is 0.497 e. The number of hydrogen-bond acceptors (Lipinski definition) is 3. The van der Waals surface area contributed by atoms with Crippen LogP contribution in [-0.4, -0.2) is 43.7 Å². The Labute approximate surface area is 174 Å². The van der Waals surface area contributed by atoms with E-state index in [1.807, 2.05) is 6.92 Å². The molecular formula is C21H24ClF2N3O2. The molecule has 0 saturated carbocycles. The molecule has 1 fully saturated rings. The van der Waals surface area contributed by atoms with Crippen LogP contribution < -0.4 is 15.4 Å². The average molecular weight is 424 g/mol. The summed E-state index contributed by atoms with van der Waals surface area (Å²) in [5.41, 5.74) is 0.553. The summed E-state index contributed by atoms with van der Waals surface area (Å²) in [5.74, 6) is -1.74. The van der Waals surface area contributed by atoms with Crippen molar-refractivity contribution >= 4 is 23.3 Å². The van der Waals surface area contributed by atoms with Gasteiger partial charge < -0.3 is 20.3 Å². The lowest BCUT2D eigenvalue weighted by Crippen LogP contribution is -2.51. The summed E-state index contributed by atoms with van der Waals surface area (Å²) in [6.07, 6.45) is 0.581. The van der Waals surface area contributed by atoms with Crippen LogP contribution in [-0.2, 0) is 0 Å². The number of hydrogen-bond donors (Lipinski definition) is 2. The van der Waals surface area contributed by atoms with Crippen LogP contribution in [0.1, 0.15) is 24.8 Å². The molecule has 1 saturated heterocycles. The Morgan fingerprint density at radius 2 is 1.90 bits per heavy atom. The molecule has 3 rings (SSSR count). The molecule has 8 heteroatoms. The SMILES string of the molecule is CCN1CC[C@@H](NC(=O)Nc2ccc(Cl)cc2)C(c2c(F)cc(OC)cc2F)C1. The van der Waals surface area contributed by atoms with Gasteiger partial charge in [-0.1, -0.05) is 18.5 Å². The van der Waals surface area contributed by atoms with Gasteiger partial charge in [0.15, 0.2) is 0 Å². The molecule has 2 atom stereocenters. The zero-order valence-corrected chi connectivity index (χ0v) is 17.1. The van der Waals surface area contributed by atoms with Gasteiger partial charge in [-0.25, -0.2) is 13.6 Å². The fourth-order valence-electron chi connectivity index (χ4n) is 3.67. The summed E-state index contributed by atoms with van der Waals surface area (Å²) in [4.78, 5) is 14.6. The first-order valence-corrected chi connectivity index (χ1v) is 9.87. The lowest BCUT2D eigenvalue weighted by molar-refractivity contribution is 0.177. The summed E-state index contributed by atoms with van der Waals surface area (Å²) >= 11 is 5.86. The molecule has 0 aliphatic carbocycles. The molecule has 29 heavy (non-hydrogen) atoms. The first-order chi connectivity index (χ1) is 13.9. The molecule has 2 aromatic rings. The number of amides is 2. The van der Waals surface area contributed by atoms with Crippen molar-refractivity contribution in [2.45, 2.75) is 25.3 Å². The van der Waals surface area contributed by atoms with Gasteiger partial charge >= 0.3 is 6.03 Å². The average Bonchev–Trinajstić information content (AvgIpc) is 2.70. The number of nitrogens with zero attached hydrogens (tertiary/aromatic N) is 1. The normalized spacial score (nSPS) is 19.6. The van der Waals surface area contributed by atoms with Crippen LogP contribution >= 0.6 is 11.6 Å². The maximum atomic E-state index is 14.7. The number of rotatable bonds is 5. The Bertz CT molecular complexity index is 840. The van der Waals surface area contributed by atoms with E-state index >= 15 is 0 Å². The summed E-state index contributed by atoms with van der Waals surface area (Å²) in [6.45, 7) is 3.94. The van der Waals surface area contributed by atoms with E-state index in [0.717, 1.165) is 13.1 Å². The molecule has 0 radical (unpaired) electrons. The zero-order valence-electron chi connectivity index (χ0n) is 16.3. The van der Waals surface area contributed by atoms with Crippen molar-refractivity contribution in [3.63, 3.8) is 0 Å². The minimum atomic E-state index is -0.672. The Morgan fingerprint density at radius 3 is 2.48 bits per heavy atom. The Balaban J connectivity index is 1.80. The highest BCUT2D eigenvalue weighted by atomic mass is 35.5. The number of likely N-dealkylation sites (tertiary alicyclic amines) is 1. The van der Waals surface area contributed by atoms with E-state index in [1.54, 1.807) is 24.3 Å². The number of piperidine rings is 1. The summed E-state index contributed by atoms with van der Waals surface area (Å²) in [6, 6.07) is 8.21. The Morgan fingerprint density at radius 1 is 1.24 bits per heavy atom. The summed E-state index contributed by atoms with van der Waals surface area (Å²) in [5, 5.41) is 6.18. The molecule has 0 bridgehead atoms. The summed E-state index contributed by atoms with van der Waals surface area (Å²) < 4.78 is 34.4. The molecule has 1 aliphatic heterocycles. The second kappa shape index (κ2) is 9.41. The third-order valence-electron chi connectivity index (χ3n) is 5.22. The third kappa shape index (κ3) is 5.16. The standard InChI is InChI=1S/C21H24ClF2N3O2/c1-3-27-9-8-19(26-21(28)25-14-6-4-13(22)5-7-14)16(12-27)20-17(23)10-15(29-2)11-18(20)24/h4-7,10-11,16,19H,3,8-9,12H2,1-2H3,(H2,25,26,28)/t16?,19-/m1/s1. The number of halogens is 3. The molecule has 1 aliphatic rings. The van der Waals surface area contributed by atoms with Gasteiger partial charge in [0.25, 0.3) is 0 Å². The smallest absolute Gasteiger partial charge is 0.319 e. The van der Waals surface area contributed by atoms with Gasteiger partial charge in [-0.2, -0.15) is 0 Å². The molecule has 2 amide bonds. The predicted molar refractivity (Wildman–Crippen MR) is 110 cm³/mol. The van der Waals surface area contributed by atoms with E-state index in [0.29, 0.717) is 23.7 Å². The number of ether oxygens (including phenoxy) is 1. The highest BCUT2D eigenvalue weighted by molar-refractivity contribution is 6.30. The summed E-state index contributed by atoms with van der Waals surface area (Å²) in [7, 11) is 1.36. The Kier molecular flexibility index (Phi) is 6.92. The molecule has 156 valence electrons. The van der Waals surface area contributed by atoms with E-state index in [2.05, 4.69) is 15.5 Å². The van der Waals surface area contributed by atoms with E-state index in [-0.39, 0.29) is 11.3 Å². The minimum Gasteiger partial charge on any atom is -0.497 e. The number of likely N-dealkylation sites (N-methyl/N-ethyl adjacent to an activating group) is 1. The number of carbonyl (C=O) groups is 1. The van der Waals surface area contributed by atoms with Gasteiger partial charge in [-0.15, -0.1) is 0 Å². The van der Waals surface area contributed by atoms with Gasteiger partial charge in [0.2, 0.25) is 0 Å². The molecular weight excluding hydrogens is 400 g/mol. The van der Waals surface area contributed by atoms with Gasteiger partial charge in [0.1, 0.15) is 17.4 Å². The molecule has 1 heterocycles. The fourth-order valence-corrected chi connectivity index (χ4v) is 3.80. The first-order valence-electron chi connectivity index (χ1n) is 9.49. The van der Waals surface area contributed by atoms with Crippen LogP contribution in [0.5, 0.6) is 5.75 Å². The number of urea groups is 1. The van der Waals surface area contributed by atoms with E-state index in [4.69, 9.17) is 16.3 Å². The monoisotopic (exact) mass is 423 g/mol. The Hall–Kier alpha value is -2.38. The van der Waals surface area contributed by atoms with E-state index in [1.165, 1.54) is 19.2 Å². The van der Waals surface area contributed by atoms with Crippen molar-refractivity contribution in [1.82, 2.24) is 10.2 Å². The lowest BCUT2D eigenvalue weighted by atomic mass is 9.85. The number of methoxy groups -OCH3 is 1. The lowest BCUT2D eigenvalue weighted by Gasteiger charge is -2.39. The van der Waals surface area contributed by atoms with Crippen molar-refractivity contribution in [3.05, 3.63) is 58.6 Å².